The number of hydrogen-bond donors (Lipinski definition) is 2. The highest BCUT2D eigenvalue weighted by Crippen LogP contribution is 2.35. The first-order valence-electron chi connectivity index (χ1n) is 13.2. The van der Waals surface area contributed by atoms with Crippen molar-refractivity contribution in [3.63, 3.8) is 0 Å². The average Bonchev–Trinajstić information content (AvgIpc) is 3.37. The van der Waals surface area contributed by atoms with Crippen molar-refractivity contribution >= 4 is 28.9 Å². The molecule has 5 rings (SSSR count). The Bertz CT molecular complexity index is 1270. The van der Waals surface area contributed by atoms with Crippen molar-refractivity contribution in [1.82, 2.24) is 14.8 Å². The molecule has 7 nitrogen and oxygen atoms in total. The molecule has 3 heterocycles. The zero-order valence-corrected chi connectivity index (χ0v) is 21.3. The second kappa shape index (κ2) is 11.2. The average molecular weight is 502 g/mol. The van der Waals surface area contributed by atoms with E-state index in [4.69, 9.17) is 4.74 Å². The fourth-order valence-electron chi connectivity index (χ4n) is 6.03. The van der Waals surface area contributed by atoms with E-state index in [1.807, 2.05) is 35.2 Å². The van der Waals surface area contributed by atoms with Crippen LogP contribution in [0.2, 0.25) is 0 Å². The minimum atomic E-state index is -0.742. The predicted molar refractivity (Wildman–Crippen MR) is 145 cm³/mol. The number of nitrogens with one attached hydrogen (secondary N) is 1. The number of piperidine rings is 2. The maximum absolute atomic E-state index is 12.8. The topological polar surface area (TPSA) is 85.9 Å². The molecule has 0 aliphatic carbocycles. The van der Waals surface area contributed by atoms with Crippen LogP contribution in [0.1, 0.15) is 42.7 Å². The number of para-hydroxylation sites is 1. The first-order valence-corrected chi connectivity index (χ1v) is 13.2. The van der Waals surface area contributed by atoms with E-state index in [0.29, 0.717) is 31.8 Å². The van der Waals surface area contributed by atoms with E-state index in [2.05, 4.69) is 34.3 Å². The van der Waals surface area contributed by atoms with Crippen molar-refractivity contribution in [2.75, 3.05) is 33.3 Å². The summed E-state index contributed by atoms with van der Waals surface area (Å²) in [6, 6.07) is 15.5. The molecule has 1 aromatic heterocycles. The maximum Gasteiger partial charge on any atom is 0.321 e. The molecule has 0 radical (unpaired) electrons. The molecule has 194 valence electrons. The highest BCUT2D eigenvalue weighted by molar-refractivity contribution is 5.92. The third-order valence-corrected chi connectivity index (χ3v) is 8.05. The number of ether oxygens (including phenoxy) is 1. The number of aromatic nitrogens is 1. The van der Waals surface area contributed by atoms with E-state index in [0.717, 1.165) is 42.8 Å². The third-order valence-electron chi connectivity index (χ3n) is 8.05. The molecule has 3 aromatic rings. The van der Waals surface area contributed by atoms with Crippen LogP contribution in [0.25, 0.3) is 17.0 Å². The maximum atomic E-state index is 12.8. The van der Waals surface area contributed by atoms with Crippen molar-refractivity contribution in [2.45, 2.75) is 37.6 Å². The molecule has 0 spiro atoms. The van der Waals surface area contributed by atoms with Gasteiger partial charge >= 0.3 is 5.97 Å². The third kappa shape index (κ3) is 5.57. The highest BCUT2D eigenvalue weighted by atomic mass is 16.5. The summed E-state index contributed by atoms with van der Waals surface area (Å²) in [6.45, 7) is 2.73. The lowest BCUT2D eigenvalue weighted by atomic mass is 9.84. The monoisotopic (exact) mass is 501 g/mol. The van der Waals surface area contributed by atoms with Crippen molar-refractivity contribution in [3.05, 3.63) is 71.9 Å². The van der Waals surface area contributed by atoms with Gasteiger partial charge in [-0.1, -0.05) is 30.3 Å². The van der Waals surface area contributed by atoms with Crippen molar-refractivity contribution in [1.29, 1.82) is 0 Å². The molecule has 1 atom stereocenters. The van der Waals surface area contributed by atoms with Gasteiger partial charge in [0.15, 0.2) is 0 Å². The standard InChI is InChI=1S/C30H35N3O4/c1-37-24-6-4-5-21(19-24)9-10-28(34)32-15-13-23(14-16-32)29(30(35)36)33-17-11-22(12-18-33)26-20-31-27-8-3-2-7-25(26)27/h2-10,19-20,22-23,29,31H,11-18H2,1H3,(H,35,36)/b10-9+. The van der Waals surface area contributed by atoms with Crippen LogP contribution < -0.4 is 4.74 Å². The van der Waals surface area contributed by atoms with Gasteiger partial charge in [-0.15, -0.1) is 0 Å². The fraction of sp³-hybridized carbons (Fsp3) is 0.400. The summed E-state index contributed by atoms with van der Waals surface area (Å²) in [7, 11) is 1.62. The van der Waals surface area contributed by atoms with Gasteiger partial charge in [-0.05, 0) is 86.0 Å². The van der Waals surface area contributed by atoms with E-state index >= 15 is 0 Å². The van der Waals surface area contributed by atoms with Crippen LogP contribution in [0, 0.1) is 5.92 Å². The Morgan fingerprint density at radius 2 is 1.78 bits per heavy atom. The van der Waals surface area contributed by atoms with Crippen molar-refractivity contribution in [3.8, 4) is 5.75 Å². The fourth-order valence-corrected chi connectivity index (χ4v) is 6.03. The van der Waals surface area contributed by atoms with Crippen LogP contribution in [-0.2, 0) is 9.59 Å². The number of H-pyrrole nitrogens is 1. The van der Waals surface area contributed by atoms with Gasteiger partial charge in [0.2, 0.25) is 5.91 Å². The minimum absolute atomic E-state index is 0.0345. The van der Waals surface area contributed by atoms with E-state index in [1.54, 1.807) is 19.3 Å². The number of amides is 1. The molecule has 2 aliphatic rings. The predicted octanol–water partition coefficient (Wildman–Crippen LogP) is 4.76. The van der Waals surface area contributed by atoms with E-state index < -0.39 is 12.0 Å². The van der Waals surface area contributed by atoms with Crippen LogP contribution in [0.15, 0.2) is 60.8 Å². The Kier molecular flexibility index (Phi) is 7.60. The van der Waals surface area contributed by atoms with Crippen LogP contribution >= 0.6 is 0 Å². The molecule has 1 amide bonds. The number of likely N-dealkylation sites (tertiary alicyclic amines) is 2. The Morgan fingerprint density at radius 1 is 1.03 bits per heavy atom. The summed E-state index contributed by atoms with van der Waals surface area (Å²) in [6.07, 6.45) is 8.84. The second-order valence-electron chi connectivity index (χ2n) is 10.2. The van der Waals surface area contributed by atoms with Crippen LogP contribution in [-0.4, -0.2) is 71.1 Å². The second-order valence-corrected chi connectivity index (χ2v) is 10.2. The molecule has 2 N–H and O–H groups in total. The van der Waals surface area contributed by atoms with Gasteiger partial charge in [0.1, 0.15) is 11.8 Å². The van der Waals surface area contributed by atoms with Gasteiger partial charge in [-0.3, -0.25) is 14.5 Å². The summed E-state index contributed by atoms with van der Waals surface area (Å²) >= 11 is 0. The number of rotatable bonds is 7. The minimum Gasteiger partial charge on any atom is -0.497 e. The van der Waals surface area contributed by atoms with Gasteiger partial charge in [-0.25, -0.2) is 0 Å². The van der Waals surface area contributed by atoms with E-state index in [-0.39, 0.29) is 11.8 Å². The van der Waals surface area contributed by atoms with E-state index in [9.17, 15) is 14.7 Å². The largest absolute Gasteiger partial charge is 0.497 e. The number of fused-ring (bicyclic) bond motifs is 1. The summed E-state index contributed by atoms with van der Waals surface area (Å²) in [5, 5.41) is 11.4. The number of carbonyl (C=O) groups is 2. The number of nitrogens with zero attached hydrogens (tertiary/aromatic N) is 2. The molecule has 37 heavy (non-hydrogen) atoms. The number of carboxylic acid groups (broad SMARTS) is 1. The lowest BCUT2D eigenvalue weighted by Gasteiger charge is -2.41. The number of carbonyl (C=O) groups excluding carboxylic acids is 1. The molecule has 7 heteroatoms. The number of hydrogen-bond acceptors (Lipinski definition) is 4. The Morgan fingerprint density at radius 3 is 2.51 bits per heavy atom. The zero-order chi connectivity index (χ0) is 25.8. The summed E-state index contributed by atoms with van der Waals surface area (Å²) in [5.74, 6) is 0.466. The molecule has 2 fully saturated rings. The lowest BCUT2D eigenvalue weighted by Crippen LogP contribution is -2.52. The number of benzene rings is 2. The number of aliphatic carboxylic acids is 1. The Hall–Kier alpha value is -3.58. The van der Waals surface area contributed by atoms with Gasteiger partial charge in [0, 0.05) is 36.3 Å². The number of methoxy groups -OCH3 is 1. The van der Waals surface area contributed by atoms with Crippen molar-refractivity contribution in [2.24, 2.45) is 5.92 Å². The molecule has 2 saturated heterocycles. The molecule has 1 unspecified atom stereocenters. The number of aromatic amines is 1. The normalized spacial score (nSPS) is 18.9. The summed E-state index contributed by atoms with van der Waals surface area (Å²) in [4.78, 5) is 32.5. The SMILES string of the molecule is COc1cccc(/C=C/C(=O)N2CCC(C(C(=O)O)N3CCC(c4c[nH]c5ccccc45)CC3)CC2)c1. The molecular weight excluding hydrogens is 466 g/mol. The van der Waals surface area contributed by atoms with Gasteiger partial charge < -0.3 is 19.7 Å². The smallest absolute Gasteiger partial charge is 0.321 e. The number of carboxylic acids is 1. The quantitative estimate of drug-likeness (QED) is 0.456. The van der Waals surface area contributed by atoms with E-state index in [1.165, 1.54) is 10.9 Å². The summed E-state index contributed by atoms with van der Waals surface area (Å²) < 4.78 is 5.24. The van der Waals surface area contributed by atoms with Crippen molar-refractivity contribution < 1.29 is 19.4 Å². The first-order chi connectivity index (χ1) is 18.0. The van der Waals surface area contributed by atoms with Crippen LogP contribution in [0.5, 0.6) is 5.75 Å². The van der Waals surface area contributed by atoms with Gasteiger partial charge in [0.25, 0.3) is 0 Å². The Balaban J connectivity index is 1.16. The molecule has 2 aromatic carbocycles. The van der Waals surface area contributed by atoms with Crippen LogP contribution in [0.4, 0.5) is 0 Å². The molecule has 0 bridgehead atoms. The molecule has 2 aliphatic heterocycles. The molecule has 0 saturated carbocycles. The summed E-state index contributed by atoms with van der Waals surface area (Å²) in [5.41, 5.74) is 3.41. The molecular formula is C30H35N3O4. The lowest BCUT2D eigenvalue weighted by molar-refractivity contribution is -0.147. The first kappa shape index (κ1) is 25.1. The van der Waals surface area contributed by atoms with Crippen LogP contribution in [0.3, 0.4) is 0 Å². The highest BCUT2D eigenvalue weighted by Gasteiger charge is 2.38. The zero-order valence-electron chi connectivity index (χ0n) is 21.3. The van der Waals surface area contributed by atoms with Gasteiger partial charge in [0.05, 0.1) is 7.11 Å². The van der Waals surface area contributed by atoms with Gasteiger partial charge in [-0.2, -0.15) is 0 Å². The Labute approximate surface area is 217 Å².